The number of hydrogen-bond acceptors (Lipinski definition) is 3. The van der Waals surface area contributed by atoms with Gasteiger partial charge in [0.15, 0.2) is 0 Å². The highest BCUT2D eigenvalue weighted by Gasteiger charge is 2.13. The average molecular weight is 197 g/mol. The summed E-state index contributed by atoms with van der Waals surface area (Å²) in [6.07, 6.45) is 5.15. The second-order valence-electron chi connectivity index (χ2n) is 3.28. The first-order valence-corrected chi connectivity index (χ1v) is 5.89. The summed E-state index contributed by atoms with van der Waals surface area (Å²) in [4.78, 5) is 0. The Morgan fingerprint density at radius 1 is 1.62 bits per heavy atom. The lowest BCUT2D eigenvalue weighted by atomic mass is 10.3. The quantitative estimate of drug-likeness (QED) is 0.780. The summed E-state index contributed by atoms with van der Waals surface area (Å²) in [6, 6.07) is 2.70. The Kier molecular flexibility index (Phi) is 3.27. The molecule has 13 heavy (non-hydrogen) atoms. The van der Waals surface area contributed by atoms with Crippen molar-refractivity contribution in [1.29, 1.82) is 0 Å². The molecule has 1 atom stereocenters. The molecule has 3 nitrogen and oxygen atoms in total. The Hall–Kier alpha value is -0.480. The molecule has 2 rings (SSSR count). The predicted molar refractivity (Wildman–Crippen MR) is 56.0 cm³/mol. The Labute approximate surface area is 82.9 Å². The van der Waals surface area contributed by atoms with Gasteiger partial charge in [-0.3, -0.25) is 4.68 Å². The van der Waals surface area contributed by atoms with E-state index in [2.05, 4.69) is 10.4 Å². The van der Waals surface area contributed by atoms with Gasteiger partial charge in [-0.25, -0.2) is 0 Å². The lowest BCUT2D eigenvalue weighted by Crippen LogP contribution is -2.31. The van der Waals surface area contributed by atoms with Crippen LogP contribution >= 0.6 is 11.8 Å². The zero-order chi connectivity index (χ0) is 8.93. The molecular formula is C9H15N3S. The van der Waals surface area contributed by atoms with E-state index in [4.69, 9.17) is 0 Å². The van der Waals surface area contributed by atoms with Crippen molar-refractivity contribution < 1.29 is 0 Å². The molecule has 0 spiro atoms. The van der Waals surface area contributed by atoms with Gasteiger partial charge in [-0.15, -0.1) is 0 Å². The van der Waals surface area contributed by atoms with Crippen molar-refractivity contribution >= 4 is 11.8 Å². The first-order valence-electron chi connectivity index (χ1n) is 4.74. The molecule has 0 saturated carbocycles. The monoisotopic (exact) mass is 197 g/mol. The van der Waals surface area contributed by atoms with E-state index in [-0.39, 0.29) is 0 Å². The summed E-state index contributed by atoms with van der Waals surface area (Å²) in [5.74, 6) is 2.60. The van der Waals surface area contributed by atoms with Crippen LogP contribution in [0.4, 0.5) is 0 Å². The highest BCUT2D eigenvalue weighted by atomic mass is 32.2. The minimum absolute atomic E-state index is 0.737. The van der Waals surface area contributed by atoms with E-state index in [1.807, 2.05) is 34.9 Å². The third-order valence-electron chi connectivity index (χ3n) is 2.26. The van der Waals surface area contributed by atoms with E-state index >= 15 is 0 Å². The van der Waals surface area contributed by atoms with E-state index in [9.17, 15) is 0 Å². The predicted octanol–water partition coefficient (Wildman–Crippen LogP) is 0.978. The number of nitrogens with zero attached hydrogens (tertiary/aromatic N) is 2. The molecule has 1 N–H and O–H groups in total. The molecule has 1 aliphatic heterocycles. The van der Waals surface area contributed by atoms with Crippen LogP contribution < -0.4 is 5.32 Å². The van der Waals surface area contributed by atoms with Gasteiger partial charge in [0.05, 0.1) is 6.54 Å². The molecular weight excluding hydrogens is 182 g/mol. The lowest BCUT2D eigenvalue weighted by molar-refractivity contribution is 0.500. The Balaban J connectivity index is 1.63. The second-order valence-corrected chi connectivity index (χ2v) is 4.43. The zero-order valence-electron chi connectivity index (χ0n) is 7.65. The first-order chi connectivity index (χ1) is 6.45. The molecule has 1 saturated heterocycles. The van der Waals surface area contributed by atoms with Crippen molar-refractivity contribution in [3.63, 3.8) is 0 Å². The molecule has 2 heterocycles. The van der Waals surface area contributed by atoms with Crippen LogP contribution in [0.25, 0.3) is 0 Å². The fourth-order valence-electron chi connectivity index (χ4n) is 1.51. The van der Waals surface area contributed by atoms with Crippen LogP contribution in [-0.4, -0.2) is 33.9 Å². The SMILES string of the molecule is c1cnn(CCNC2CCSC2)c1. The molecule has 0 radical (unpaired) electrons. The maximum atomic E-state index is 4.15. The Morgan fingerprint density at radius 3 is 3.31 bits per heavy atom. The highest BCUT2D eigenvalue weighted by Crippen LogP contribution is 2.16. The molecule has 0 aromatic carbocycles. The minimum Gasteiger partial charge on any atom is -0.311 e. The number of aromatic nitrogens is 2. The fourth-order valence-corrected chi connectivity index (χ4v) is 2.70. The third-order valence-corrected chi connectivity index (χ3v) is 3.43. The van der Waals surface area contributed by atoms with E-state index < -0.39 is 0 Å². The molecule has 0 amide bonds. The van der Waals surface area contributed by atoms with Crippen LogP contribution in [0.5, 0.6) is 0 Å². The third kappa shape index (κ3) is 2.74. The van der Waals surface area contributed by atoms with Gasteiger partial charge in [0.1, 0.15) is 0 Å². The summed E-state index contributed by atoms with van der Waals surface area (Å²) < 4.78 is 1.97. The summed E-state index contributed by atoms with van der Waals surface area (Å²) >= 11 is 2.05. The molecule has 0 aliphatic carbocycles. The lowest BCUT2D eigenvalue weighted by Gasteiger charge is -2.10. The van der Waals surface area contributed by atoms with Crippen LogP contribution in [0, 0.1) is 0 Å². The van der Waals surface area contributed by atoms with Crippen molar-refractivity contribution in [3.05, 3.63) is 18.5 Å². The second kappa shape index (κ2) is 4.67. The van der Waals surface area contributed by atoms with Crippen LogP contribution in [-0.2, 0) is 6.54 Å². The van der Waals surface area contributed by atoms with E-state index in [1.54, 1.807) is 0 Å². The maximum absolute atomic E-state index is 4.15. The van der Waals surface area contributed by atoms with Crippen molar-refractivity contribution in [2.24, 2.45) is 0 Å². The van der Waals surface area contributed by atoms with Crippen LogP contribution in [0.15, 0.2) is 18.5 Å². The van der Waals surface area contributed by atoms with Crippen molar-refractivity contribution in [2.45, 2.75) is 19.0 Å². The molecule has 0 bridgehead atoms. The average Bonchev–Trinajstić information content (AvgIpc) is 2.75. The van der Waals surface area contributed by atoms with Crippen LogP contribution in [0.3, 0.4) is 0 Å². The molecule has 1 unspecified atom stereocenters. The molecule has 1 fully saturated rings. The number of nitrogens with one attached hydrogen (secondary N) is 1. The van der Waals surface area contributed by atoms with E-state index in [0.717, 1.165) is 19.1 Å². The van der Waals surface area contributed by atoms with E-state index in [1.165, 1.54) is 17.9 Å². The summed E-state index contributed by atoms with van der Waals surface area (Å²) in [7, 11) is 0. The molecule has 1 aromatic heterocycles. The van der Waals surface area contributed by atoms with Crippen molar-refractivity contribution in [2.75, 3.05) is 18.1 Å². The van der Waals surface area contributed by atoms with Gasteiger partial charge in [-0.1, -0.05) is 0 Å². The van der Waals surface area contributed by atoms with Gasteiger partial charge < -0.3 is 5.32 Å². The first kappa shape index (κ1) is 9.09. The molecule has 1 aromatic rings. The minimum atomic E-state index is 0.737. The van der Waals surface area contributed by atoms with Gasteiger partial charge in [-0.2, -0.15) is 16.9 Å². The summed E-state index contributed by atoms with van der Waals surface area (Å²) in [5, 5.41) is 7.69. The zero-order valence-corrected chi connectivity index (χ0v) is 8.46. The summed E-state index contributed by atoms with van der Waals surface area (Å²) in [6.45, 7) is 2.01. The van der Waals surface area contributed by atoms with Gasteiger partial charge in [0, 0.05) is 30.7 Å². The molecule has 4 heteroatoms. The van der Waals surface area contributed by atoms with Crippen molar-refractivity contribution in [1.82, 2.24) is 15.1 Å². The molecule has 72 valence electrons. The number of rotatable bonds is 4. The van der Waals surface area contributed by atoms with E-state index in [0.29, 0.717) is 0 Å². The fraction of sp³-hybridized carbons (Fsp3) is 0.667. The van der Waals surface area contributed by atoms with Gasteiger partial charge in [0.25, 0.3) is 0 Å². The number of hydrogen-bond donors (Lipinski definition) is 1. The van der Waals surface area contributed by atoms with Gasteiger partial charge in [0.2, 0.25) is 0 Å². The summed E-state index contributed by atoms with van der Waals surface area (Å²) in [5.41, 5.74) is 0. The van der Waals surface area contributed by atoms with Gasteiger partial charge >= 0.3 is 0 Å². The van der Waals surface area contributed by atoms with Gasteiger partial charge in [-0.05, 0) is 18.2 Å². The largest absolute Gasteiger partial charge is 0.311 e. The van der Waals surface area contributed by atoms with Crippen LogP contribution in [0.2, 0.25) is 0 Å². The smallest absolute Gasteiger partial charge is 0.0534 e. The standard InChI is InChI=1S/C9H15N3S/c1-3-11-12(5-1)6-4-10-9-2-7-13-8-9/h1,3,5,9-10H,2,4,6-8H2. The topological polar surface area (TPSA) is 29.9 Å². The van der Waals surface area contributed by atoms with Crippen molar-refractivity contribution in [3.8, 4) is 0 Å². The Bertz CT molecular complexity index is 229. The highest BCUT2D eigenvalue weighted by molar-refractivity contribution is 7.99. The van der Waals surface area contributed by atoms with Crippen LogP contribution in [0.1, 0.15) is 6.42 Å². The Morgan fingerprint density at radius 2 is 2.62 bits per heavy atom. The maximum Gasteiger partial charge on any atom is 0.0534 e. The number of thioether (sulfide) groups is 1. The normalized spacial score (nSPS) is 22.3. The molecule has 1 aliphatic rings.